The average Bonchev–Trinajstić information content (AvgIpc) is 3.41. The first-order valence-electron chi connectivity index (χ1n) is 16.5. The Kier molecular flexibility index (Phi) is 8.55. The van der Waals surface area contributed by atoms with Gasteiger partial charge in [0.05, 0.1) is 17.6 Å². The average molecular weight is 621 g/mol. The molecule has 7 rings (SSSR count). The molecule has 3 unspecified atom stereocenters. The van der Waals surface area contributed by atoms with Gasteiger partial charge in [-0.2, -0.15) is 0 Å². The van der Waals surface area contributed by atoms with Gasteiger partial charge in [-0.1, -0.05) is 115 Å². The molecule has 2 N–H and O–H groups in total. The van der Waals surface area contributed by atoms with Crippen molar-refractivity contribution in [3.05, 3.63) is 167 Å². The minimum absolute atomic E-state index is 0.143. The van der Waals surface area contributed by atoms with Crippen molar-refractivity contribution < 1.29 is 19.7 Å². The highest BCUT2D eigenvalue weighted by molar-refractivity contribution is 5.87. The number of aliphatic hydroxyl groups is 2. The Labute approximate surface area is 277 Å². The lowest BCUT2D eigenvalue weighted by molar-refractivity contribution is 0.122. The maximum atomic E-state index is 10.1. The molecule has 0 aromatic heterocycles. The van der Waals surface area contributed by atoms with E-state index in [9.17, 15) is 10.2 Å². The fraction of sp³-hybridized carbons (Fsp3) is 0.209. The van der Waals surface area contributed by atoms with Gasteiger partial charge < -0.3 is 19.7 Å². The van der Waals surface area contributed by atoms with Crippen molar-refractivity contribution in [2.75, 3.05) is 13.2 Å². The van der Waals surface area contributed by atoms with Gasteiger partial charge in [0, 0.05) is 17.0 Å². The first-order chi connectivity index (χ1) is 23.0. The highest BCUT2D eigenvalue weighted by Gasteiger charge is 2.46. The summed E-state index contributed by atoms with van der Waals surface area (Å²) in [5, 5.41) is 20.2. The van der Waals surface area contributed by atoms with E-state index in [2.05, 4.69) is 121 Å². The lowest BCUT2D eigenvalue weighted by Gasteiger charge is -2.35. The molecule has 2 aliphatic carbocycles. The quantitative estimate of drug-likeness (QED) is 0.161. The number of ether oxygens (including phenoxy) is 2. The Balaban J connectivity index is 1.51. The van der Waals surface area contributed by atoms with Crippen LogP contribution >= 0.6 is 0 Å². The predicted octanol–water partition coefficient (Wildman–Crippen LogP) is 8.84. The molecule has 0 saturated heterocycles. The Bertz CT molecular complexity index is 1890. The summed E-state index contributed by atoms with van der Waals surface area (Å²) >= 11 is 0. The van der Waals surface area contributed by atoms with Gasteiger partial charge in [-0.25, -0.2) is 0 Å². The normalized spacial score (nSPS) is 17.1. The first kappa shape index (κ1) is 30.7. The van der Waals surface area contributed by atoms with Gasteiger partial charge in [0.25, 0.3) is 0 Å². The summed E-state index contributed by atoms with van der Waals surface area (Å²) in [7, 11) is 0. The summed E-state index contributed by atoms with van der Waals surface area (Å²) in [5.74, 6) is 1.67. The van der Waals surface area contributed by atoms with Crippen LogP contribution in [-0.2, 0) is 5.41 Å². The standard InChI is InChI=1S/C43H40O4/c1-29(44)27-46-41-23-21-33(25-37(41)31-13-5-3-6-14-31)43(39-19-11-9-17-35(39)36-18-10-12-20-40(36)43)34-22-24-42(47-28-30(2)45)38(26-34)32-15-7-4-8-16-32/h3-15,17-26,29-30,32,44-45H,16,27-28H2,1-2H3. The highest BCUT2D eigenvalue weighted by atomic mass is 16.5. The van der Waals surface area contributed by atoms with E-state index in [1.54, 1.807) is 13.8 Å². The third-order valence-corrected chi connectivity index (χ3v) is 9.23. The molecule has 0 amide bonds. The van der Waals surface area contributed by atoms with Gasteiger partial charge >= 0.3 is 0 Å². The molecule has 5 aromatic rings. The third kappa shape index (κ3) is 5.69. The summed E-state index contributed by atoms with van der Waals surface area (Å²) in [4.78, 5) is 0. The minimum Gasteiger partial charge on any atom is -0.491 e. The summed E-state index contributed by atoms with van der Waals surface area (Å²) in [6.45, 7) is 3.92. The second kappa shape index (κ2) is 13.1. The van der Waals surface area contributed by atoms with E-state index < -0.39 is 17.6 Å². The topological polar surface area (TPSA) is 58.9 Å². The zero-order valence-electron chi connectivity index (χ0n) is 26.8. The molecule has 0 aliphatic heterocycles. The largest absolute Gasteiger partial charge is 0.491 e. The Morgan fingerprint density at radius 2 is 1.21 bits per heavy atom. The summed E-state index contributed by atoms with van der Waals surface area (Å²) in [5.41, 5.74) is 9.64. The van der Waals surface area contributed by atoms with Crippen LogP contribution < -0.4 is 9.47 Å². The molecule has 0 fully saturated rings. The van der Waals surface area contributed by atoms with E-state index in [4.69, 9.17) is 9.47 Å². The van der Waals surface area contributed by atoms with E-state index >= 15 is 0 Å². The van der Waals surface area contributed by atoms with Crippen molar-refractivity contribution in [3.63, 3.8) is 0 Å². The van der Waals surface area contributed by atoms with Gasteiger partial charge in [0.1, 0.15) is 24.7 Å². The monoisotopic (exact) mass is 620 g/mol. The van der Waals surface area contributed by atoms with Gasteiger partial charge in [-0.3, -0.25) is 0 Å². The van der Waals surface area contributed by atoms with Crippen LogP contribution in [0.3, 0.4) is 0 Å². The molecule has 0 bridgehead atoms. The van der Waals surface area contributed by atoms with Gasteiger partial charge in [0.15, 0.2) is 0 Å². The number of hydrogen-bond acceptors (Lipinski definition) is 4. The summed E-state index contributed by atoms with van der Waals surface area (Å²) < 4.78 is 12.4. The maximum Gasteiger partial charge on any atom is 0.127 e. The SMILES string of the molecule is CC(O)COc1ccc(C2(c3ccc(OCC(C)O)c(C4C=CC=CC4)c3)c3ccccc3-c3ccccc32)cc1-c1ccccc1. The fourth-order valence-electron chi connectivity index (χ4n) is 7.19. The van der Waals surface area contributed by atoms with E-state index in [0.717, 1.165) is 45.7 Å². The van der Waals surface area contributed by atoms with Crippen molar-refractivity contribution in [1.29, 1.82) is 0 Å². The van der Waals surface area contributed by atoms with Crippen LogP contribution in [0, 0.1) is 0 Å². The van der Waals surface area contributed by atoms with Crippen molar-refractivity contribution in [1.82, 2.24) is 0 Å². The smallest absolute Gasteiger partial charge is 0.127 e. The molecule has 0 spiro atoms. The van der Waals surface area contributed by atoms with E-state index in [1.165, 1.54) is 22.3 Å². The van der Waals surface area contributed by atoms with Crippen LogP contribution in [-0.4, -0.2) is 35.6 Å². The van der Waals surface area contributed by atoms with Gasteiger partial charge in [0.2, 0.25) is 0 Å². The molecule has 0 saturated carbocycles. The summed E-state index contributed by atoms with van der Waals surface area (Å²) in [6, 6.07) is 40.9. The lowest BCUT2D eigenvalue weighted by Crippen LogP contribution is -2.29. The zero-order chi connectivity index (χ0) is 32.4. The number of allylic oxidation sites excluding steroid dienone is 4. The molecule has 47 heavy (non-hydrogen) atoms. The fourth-order valence-corrected chi connectivity index (χ4v) is 7.19. The Morgan fingerprint density at radius 3 is 1.83 bits per heavy atom. The van der Waals surface area contributed by atoms with Crippen molar-refractivity contribution in [2.24, 2.45) is 0 Å². The number of hydrogen-bond donors (Lipinski definition) is 2. The number of rotatable bonds is 10. The van der Waals surface area contributed by atoms with Crippen LogP contribution in [0.1, 0.15) is 54.0 Å². The van der Waals surface area contributed by atoms with Crippen molar-refractivity contribution >= 4 is 0 Å². The van der Waals surface area contributed by atoms with Crippen LogP contribution in [0.4, 0.5) is 0 Å². The predicted molar refractivity (Wildman–Crippen MR) is 189 cm³/mol. The number of benzene rings is 5. The van der Waals surface area contributed by atoms with Crippen molar-refractivity contribution in [2.45, 2.75) is 43.8 Å². The second-order valence-corrected chi connectivity index (χ2v) is 12.6. The number of aliphatic hydroxyl groups excluding tert-OH is 2. The first-order valence-corrected chi connectivity index (χ1v) is 16.5. The Morgan fingerprint density at radius 1 is 0.638 bits per heavy atom. The molecule has 2 aliphatic rings. The molecule has 3 atom stereocenters. The summed E-state index contributed by atoms with van der Waals surface area (Å²) in [6.07, 6.45) is 8.34. The van der Waals surface area contributed by atoms with Crippen LogP contribution in [0.2, 0.25) is 0 Å². The van der Waals surface area contributed by atoms with Gasteiger partial charge in [-0.15, -0.1) is 0 Å². The number of fused-ring (bicyclic) bond motifs is 3. The highest BCUT2D eigenvalue weighted by Crippen LogP contribution is 2.57. The van der Waals surface area contributed by atoms with Crippen LogP contribution in [0.5, 0.6) is 11.5 Å². The van der Waals surface area contributed by atoms with E-state index in [-0.39, 0.29) is 19.1 Å². The molecule has 5 aromatic carbocycles. The molecular weight excluding hydrogens is 580 g/mol. The van der Waals surface area contributed by atoms with Crippen LogP contribution in [0.15, 0.2) is 140 Å². The van der Waals surface area contributed by atoms with Gasteiger partial charge in [-0.05, 0) is 83.5 Å². The third-order valence-electron chi connectivity index (χ3n) is 9.23. The molecule has 0 radical (unpaired) electrons. The van der Waals surface area contributed by atoms with Crippen LogP contribution in [0.25, 0.3) is 22.3 Å². The zero-order valence-corrected chi connectivity index (χ0v) is 26.8. The molecule has 4 nitrogen and oxygen atoms in total. The second-order valence-electron chi connectivity index (χ2n) is 12.6. The van der Waals surface area contributed by atoms with E-state index in [1.807, 2.05) is 18.2 Å². The molecule has 236 valence electrons. The van der Waals surface area contributed by atoms with E-state index in [0.29, 0.717) is 0 Å². The molecular formula is C43H40O4. The lowest BCUT2D eigenvalue weighted by atomic mass is 9.66. The molecule has 4 heteroatoms. The minimum atomic E-state index is -0.634. The molecule has 0 heterocycles. The maximum absolute atomic E-state index is 10.1. The Hall–Kier alpha value is -4.90. The van der Waals surface area contributed by atoms with Crippen molar-refractivity contribution in [3.8, 4) is 33.8 Å².